The molecule has 3 aromatic rings. The molecular weight excluding hydrogens is 365 g/mol. The van der Waals surface area contributed by atoms with Crippen molar-refractivity contribution in [1.29, 1.82) is 5.26 Å². The quantitative estimate of drug-likeness (QED) is 0.622. The molecule has 1 aliphatic heterocycles. The van der Waals surface area contributed by atoms with Crippen molar-refractivity contribution < 1.29 is 13.2 Å². The predicted octanol–water partition coefficient (Wildman–Crippen LogP) is 5.06. The lowest BCUT2D eigenvalue weighted by Gasteiger charge is -2.33. The summed E-state index contributed by atoms with van der Waals surface area (Å²) in [5.74, 6) is 0. The standard InChI is InChI=1S/C21H17F3N4/c1-27-19(9-10-26-27)16-4-2-6-20-17(16)5-3-11-28(20)15-8-7-14(13-25)18(12-15)21(22,23)24/h2,4,6-10,12H,3,5,11H2,1H3. The lowest BCUT2D eigenvalue weighted by molar-refractivity contribution is -0.137. The van der Waals surface area contributed by atoms with Crippen LogP contribution in [0.25, 0.3) is 11.3 Å². The molecule has 0 bridgehead atoms. The van der Waals surface area contributed by atoms with Gasteiger partial charge >= 0.3 is 6.18 Å². The zero-order chi connectivity index (χ0) is 19.9. The van der Waals surface area contributed by atoms with Crippen molar-refractivity contribution in [1.82, 2.24) is 9.78 Å². The smallest absolute Gasteiger partial charge is 0.341 e. The van der Waals surface area contributed by atoms with E-state index in [9.17, 15) is 13.2 Å². The summed E-state index contributed by atoms with van der Waals surface area (Å²) in [6.45, 7) is 0.616. The molecule has 1 aromatic heterocycles. The summed E-state index contributed by atoms with van der Waals surface area (Å²) in [5.41, 5.74) is 3.16. The molecule has 0 amide bonds. The Bertz CT molecular complexity index is 1080. The molecule has 7 heteroatoms. The summed E-state index contributed by atoms with van der Waals surface area (Å²) in [5, 5.41) is 13.3. The lowest BCUT2D eigenvalue weighted by Crippen LogP contribution is -2.25. The van der Waals surface area contributed by atoms with Crippen LogP contribution in [0, 0.1) is 11.3 Å². The van der Waals surface area contributed by atoms with Crippen LogP contribution in [-0.4, -0.2) is 16.3 Å². The summed E-state index contributed by atoms with van der Waals surface area (Å²) >= 11 is 0. The third kappa shape index (κ3) is 3.01. The van der Waals surface area contributed by atoms with Crippen LogP contribution < -0.4 is 4.90 Å². The molecule has 28 heavy (non-hydrogen) atoms. The van der Waals surface area contributed by atoms with Gasteiger partial charge in [-0.1, -0.05) is 12.1 Å². The van der Waals surface area contributed by atoms with E-state index in [0.29, 0.717) is 12.2 Å². The Labute approximate surface area is 160 Å². The molecule has 2 heterocycles. The third-order valence-electron chi connectivity index (χ3n) is 5.09. The zero-order valence-corrected chi connectivity index (χ0v) is 15.2. The summed E-state index contributed by atoms with van der Waals surface area (Å²) in [7, 11) is 1.87. The van der Waals surface area contributed by atoms with Crippen LogP contribution in [0.5, 0.6) is 0 Å². The van der Waals surface area contributed by atoms with Gasteiger partial charge in [0.1, 0.15) is 0 Å². The molecular formula is C21H17F3N4. The Hall–Kier alpha value is -3.27. The van der Waals surface area contributed by atoms with Gasteiger partial charge in [0, 0.05) is 36.7 Å². The molecule has 0 unspecified atom stereocenters. The average Bonchev–Trinajstić information content (AvgIpc) is 3.11. The maximum atomic E-state index is 13.4. The molecule has 2 aromatic carbocycles. The highest BCUT2D eigenvalue weighted by Gasteiger charge is 2.34. The van der Waals surface area contributed by atoms with E-state index in [1.165, 1.54) is 6.07 Å². The topological polar surface area (TPSA) is 44.9 Å². The highest BCUT2D eigenvalue weighted by Crippen LogP contribution is 2.41. The molecule has 142 valence electrons. The van der Waals surface area contributed by atoms with Crippen molar-refractivity contribution in [2.75, 3.05) is 11.4 Å². The van der Waals surface area contributed by atoms with E-state index in [0.717, 1.165) is 41.4 Å². The van der Waals surface area contributed by atoms with Gasteiger partial charge in [-0.25, -0.2) is 0 Å². The van der Waals surface area contributed by atoms with Crippen molar-refractivity contribution in [3.8, 4) is 17.3 Å². The monoisotopic (exact) mass is 382 g/mol. The molecule has 0 aliphatic carbocycles. The SMILES string of the molecule is Cn1nccc1-c1cccc2c1CCCN2c1ccc(C#N)c(C(F)(F)F)c1. The van der Waals surface area contributed by atoms with Crippen LogP contribution in [0.3, 0.4) is 0 Å². The summed E-state index contributed by atoms with van der Waals surface area (Å²) in [6.07, 6.45) is -1.18. The largest absolute Gasteiger partial charge is 0.417 e. The molecule has 1 aliphatic rings. The average molecular weight is 382 g/mol. The normalized spacial score (nSPS) is 13.9. The van der Waals surface area contributed by atoms with Gasteiger partial charge in [-0.3, -0.25) is 4.68 Å². The third-order valence-corrected chi connectivity index (χ3v) is 5.09. The van der Waals surface area contributed by atoms with E-state index in [-0.39, 0.29) is 5.56 Å². The second-order valence-electron chi connectivity index (χ2n) is 6.74. The molecule has 0 radical (unpaired) electrons. The minimum atomic E-state index is -4.57. The van der Waals surface area contributed by atoms with Gasteiger partial charge in [0.15, 0.2) is 0 Å². The van der Waals surface area contributed by atoms with E-state index >= 15 is 0 Å². The van der Waals surface area contributed by atoms with E-state index in [1.54, 1.807) is 23.0 Å². The van der Waals surface area contributed by atoms with Crippen molar-refractivity contribution in [3.05, 3.63) is 65.4 Å². The Morgan fingerprint density at radius 3 is 2.64 bits per heavy atom. The minimum absolute atomic E-state index is 0.364. The zero-order valence-electron chi connectivity index (χ0n) is 15.2. The van der Waals surface area contributed by atoms with Gasteiger partial charge in [0.2, 0.25) is 0 Å². The second-order valence-corrected chi connectivity index (χ2v) is 6.74. The second kappa shape index (κ2) is 6.71. The van der Waals surface area contributed by atoms with Crippen LogP contribution in [0.4, 0.5) is 24.5 Å². The number of hydrogen-bond acceptors (Lipinski definition) is 3. The summed E-state index contributed by atoms with van der Waals surface area (Å²) < 4.78 is 42.0. The Morgan fingerprint density at radius 2 is 1.96 bits per heavy atom. The van der Waals surface area contributed by atoms with Crippen molar-refractivity contribution >= 4 is 11.4 Å². The first-order chi connectivity index (χ1) is 13.4. The molecule has 0 saturated carbocycles. The first kappa shape index (κ1) is 18.1. The molecule has 0 fully saturated rings. The first-order valence-electron chi connectivity index (χ1n) is 8.89. The maximum Gasteiger partial charge on any atom is 0.417 e. The van der Waals surface area contributed by atoms with Crippen LogP contribution in [-0.2, 0) is 19.6 Å². The van der Waals surface area contributed by atoms with Gasteiger partial charge in [-0.15, -0.1) is 0 Å². The molecule has 4 rings (SSSR count). The number of alkyl halides is 3. The van der Waals surface area contributed by atoms with E-state index in [2.05, 4.69) is 5.10 Å². The lowest BCUT2D eigenvalue weighted by atomic mass is 9.93. The number of hydrogen-bond donors (Lipinski definition) is 0. The number of aryl methyl sites for hydroxylation is 1. The molecule has 0 saturated heterocycles. The Morgan fingerprint density at radius 1 is 1.14 bits per heavy atom. The maximum absolute atomic E-state index is 13.4. The predicted molar refractivity (Wildman–Crippen MR) is 100 cm³/mol. The number of nitriles is 1. The first-order valence-corrected chi connectivity index (χ1v) is 8.89. The molecule has 0 N–H and O–H groups in total. The number of rotatable bonds is 2. The van der Waals surface area contributed by atoms with Gasteiger partial charge in [-0.05, 0) is 48.7 Å². The van der Waals surface area contributed by atoms with Gasteiger partial charge in [-0.2, -0.15) is 23.5 Å². The van der Waals surface area contributed by atoms with Gasteiger partial charge < -0.3 is 4.90 Å². The van der Waals surface area contributed by atoms with Gasteiger partial charge in [0.05, 0.1) is 22.9 Å². The van der Waals surface area contributed by atoms with E-state index in [4.69, 9.17) is 5.26 Å². The Balaban J connectivity index is 1.84. The van der Waals surface area contributed by atoms with Crippen molar-refractivity contribution in [2.24, 2.45) is 7.05 Å². The van der Waals surface area contributed by atoms with E-state index < -0.39 is 11.7 Å². The highest BCUT2D eigenvalue weighted by molar-refractivity contribution is 5.78. The number of aromatic nitrogens is 2. The van der Waals surface area contributed by atoms with Crippen LogP contribution in [0.15, 0.2) is 48.7 Å². The highest BCUT2D eigenvalue weighted by atomic mass is 19.4. The fourth-order valence-electron chi connectivity index (χ4n) is 3.80. The number of fused-ring (bicyclic) bond motifs is 1. The van der Waals surface area contributed by atoms with Crippen LogP contribution in [0.1, 0.15) is 23.1 Å². The minimum Gasteiger partial charge on any atom is -0.341 e. The van der Waals surface area contributed by atoms with E-state index in [1.807, 2.05) is 36.2 Å². The molecule has 4 nitrogen and oxygen atoms in total. The van der Waals surface area contributed by atoms with Gasteiger partial charge in [0.25, 0.3) is 0 Å². The fraction of sp³-hybridized carbons (Fsp3) is 0.238. The summed E-state index contributed by atoms with van der Waals surface area (Å²) in [6, 6.07) is 13.3. The van der Waals surface area contributed by atoms with Crippen molar-refractivity contribution in [3.63, 3.8) is 0 Å². The van der Waals surface area contributed by atoms with Crippen molar-refractivity contribution in [2.45, 2.75) is 19.0 Å². The van der Waals surface area contributed by atoms with Crippen LogP contribution in [0.2, 0.25) is 0 Å². The number of halogens is 3. The van der Waals surface area contributed by atoms with Crippen LogP contribution >= 0.6 is 0 Å². The molecule has 0 spiro atoms. The number of benzene rings is 2. The number of anilines is 2. The summed E-state index contributed by atoms with van der Waals surface area (Å²) in [4.78, 5) is 1.90. The molecule has 0 atom stereocenters. The number of nitrogens with zero attached hydrogens (tertiary/aromatic N) is 4. The Kier molecular flexibility index (Phi) is 4.34. The fourth-order valence-corrected chi connectivity index (χ4v) is 3.80.